The minimum atomic E-state index is -0.202. The van der Waals surface area contributed by atoms with Crippen LogP contribution < -0.4 is 5.32 Å². The van der Waals surface area contributed by atoms with Crippen molar-refractivity contribution >= 4 is 0 Å². The zero-order chi connectivity index (χ0) is 12.8. The zero-order valence-electron chi connectivity index (χ0n) is 10.3. The first-order valence-corrected chi connectivity index (χ1v) is 6.05. The maximum atomic E-state index is 13.2. The molecule has 0 aliphatic heterocycles. The predicted molar refractivity (Wildman–Crippen MR) is 68.3 cm³/mol. The van der Waals surface area contributed by atoms with Gasteiger partial charge in [-0.3, -0.25) is 0 Å². The smallest absolute Gasteiger partial charge is 0.123 e. The molecule has 1 heterocycles. The fourth-order valence-corrected chi connectivity index (χ4v) is 1.88. The van der Waals surface area contributed by atoms with Crippen LogP contribution in [-0.2, 0) is 6.54 Å². The van der Waals surface area contributed by atoms with E-state index in [4.69, 9.17) is 0 Å². The minimum absolute atomic E-state index is 0.128. The quantitative estimate of drug-likeness (QED) is 0.880. The molecule has 1 unspecified atom stereocenters. The van der Waals surface area contributed by atoms with E-state index in [-0.39, 0.29) is 11.9 Å². The summed E-state index contributed by atoms with van der Waals surface area (Å²) in [6, 6.07) is 10.6. The van der Waals surface area contributed by atoms with Gasteiger partial charge in [0.05, 0.1) is 5.69 Å². The van der Waals surface area contributed by atoms with Gasteiger partial charge in [-0.15, -0.1) is 0 Å². The Hall–Kier alpha value is -1.81. The van der Waals surface area contributed by atoms with Crippen LogP contribution in [0.3, 0.4) is 0 Å². The Labute approximate surface area is 106 Å². The molecule has 0 saturated carbocycles. The van der Waals surface area contributed by atoms with Crippen LogP contribution in [0.1, 0.15) is 30.6 Å². The first-order chi connectivity index (χ1) is 8.79. The van der Waals surface area contributed by atoms with Crippen molar-refractivity contribution < 1.29 is 4.39 Å². The van der Waals surface area contributed by atoms with Gasteiger partial charge in [-0.05, 0) is 36.2 Å². The highest BCUT2D eigenvalue weighted by Gasteiger charge is 2.09. The van der Waals surface area contributed by atoms with Gasteiger partial charge >= 0.3 is 0 Å². The summed E-state index contributed by atoms with van der Waals surface area (Å²) in [7, 11) is 0. The second kappa shape index (κ2) is 6.21. The van der Waals surface area contributed by atoms with E-state index in [1.165, 1.54) is 6.07 Å². The van der Waals surface area contributed by atoms with E-state index in [9.17, 15) is 4.39 Å². The Morgan fingerprint density at radius 3 is 2.83 bits per heavy atom. The van der Waals surface area contributed by atoms with E-state index < -0.39 is 0 Å². The number of halogens is 1. The molecule has 0 amide bonds. The number of nitrogens with zero attached hydrogens (tertiary/aromatic N) is 2. The Morgan fingerprint density at radius 1 is 1.28 bits per heavy atom. The van der Waals surface area contributed by atoms with E-state index >= 15 is 0 Å². The summed E-state index contributed by atoms with van der Waals surface area (Å²) in [6.07, 6.45) is 2.54. The molecule has 0 bridgehead atoms. The van der Waals surface area contributed by atoms with Gasteiger partial charge in [0, 0.05) is 18.8 Å². The van der Waals surface area contributed by atoms with Crippen LogP contribution in [0.15, 0.2) is 42.6 Å². The lowest BCUT2D eigenvalue weighted by Crippen LogP contribution is -2.21. The normalized spacial score (nSPS) is 12.3. The van der Waals surface area contributed by atoms with E-state index in [0.717, 1.165) is 17.7 Å². The third kappa shape index (κ3) is 3.34. The second-order valence-corrected chi connectivity index (χ2v) is 4.11. The van der Waals surface area contributed by atoms with Crippen LogP contribution in [0.4, 0.5) is 4.39 Å². The lowest BCUT2D eigenvalue weighted by atomic mass is 10.0. The molecule has 0 fully saturated rings. The molecular formula is C14H16FN3. The molecule has 0 saturated heterocycles. The summed E-state index contributed by atoms with van der Waals surface area (Å²) >= 11 is 0. The topological polar surface area (TPSA) is 37.8 Å². The van der Waals surface area contributed by atoms with Crippen LogP contribution >= 0.6 is 0 Å². The van der Waals surface area contributed by atoms with Crippen LogP contribution in [-0.4, -0.2) is 10.2 Å². The highest BCUT2D eigenvalue weighted by molar-refractivity contribution is 5.20. The molecule has 1 aromatic carbocycles. The second-order valence-electron chi connectivity index (χ2n) is 4.11. The molecule has 2 aromatic rings. The maximum absolute atomic E-state index is 13.2. The van der Waals surface area contributed by atoms with E-state index in [1.54, 1.807) is 18.3 Å². The number of rotatable bonds is 5. The molecule has 1 atom stereocenters. The van der Waals surface area contributed by atoms with Crippen molar-refractivity contribution in [1.29, 1.82) is 0 Å². The third-order valence-corrected chi connectivity index (χ3v) is 2.82. The van der Waals surface area contributed by atoms with Crippen LogP contribution in [0.2, 0.25) is 0 Å². The number of hydrogen-bond acceptors (Lipinski definition) is 3. The van der Waals surface area contributed by atoms with Crippen molar-refractivity contribution in [3.05, 3.63) is 59.7 Å². The SMILES string of the molecule is CCC(NCc1cccnn1)c1cccc(F)c1. The van der Waals surface area contributed by atoms with Gasteiger partial charge in [-0.1, -0.05) is 19.1 Å². The highest BCUT2D eigenvalue weighted by Crippen LogP contribution is 2.17. The number of hydrogen-bond donors (Lipinski definition) is 1. The van der Waals surface area contributed by atoms with Crippen LogP contribution in [0, 0.1) is 5.82 Å². The number of nitrogens with one attached hydrogen (secondary N) is 1. The molecule has 3 nitrogen and oxygen atoms in total. The van der Waals surface area contributed by atoms with Gasteiger partial charge in [0.15, 0.2) is 0 Å². The molecule has 0 aliphatic rings. The van der Waals surface area contributed by atoms with Gasteiger partial charge in [0.1, 0.15) is 5.82 Å². The van der Waals surface area contributed by atoms with Crippen molar-refractivity contribution in [2.75, 3.05) is 0 Å². The summed E-state index contributed by atoms with van der Waals surface area (Å²) in [4.78, 5) is 0. The van der Waals surface area contributed by atoms with Crippen molar-refractivity contribution in [2.45, 2.75) is 25.9 Å². The van der Waals surface area contributed by atoms with Crippen LogP contribution in [0.5, 0.6) is 0 Å². The summed E-state index contributed by atoms with van der Waals surface area (Å²) < 4.78 is 13.2. The monoisotopic (exact) mass is 245 g/mol. The third-order valence-electron chi connectivity index (χ3n) is 2.82. The minimum Gasteiger partial charge on any atom is -0.304 e. The predicted octanol–water partition coefficient (Wildman–Crippen LogP) is 2.86. The molecule has 0 radical (unpaired) electrons. The molecular weight excluding hydrogens is 229 g/mol. The lowest BCUT2D eigenvalue weighted by Gasteiger charge is -2.17. The summed E-state index contributed by atoms with van der Waals surface area (Å²) in [5.74, 6) is -0.202. The first kappa shape index (κ1) is 12.6. The molecule has 94 valence electrons. The Balaban J connectivity index is 2.02. The van der Waals surface area contributed by atoms with E-state index in [0.29, 0.717) is 6.54 Å². The Bertz CT molecular complexity index is 487. The van der Waals surface area contributed by atoms with Gasteiger partial charge in [0.25, 0.3) is 0 Å². The van der Waals surface area contributed by atoms with E-state index in [1.807, 2.05) is 18.2 Å². The Kier molecular flexibility index (Phi) is 4.36. The fourth-order valence-electron chi connectivity index (χ4n) is 1.88. The molecule has 0 aliphatic carbocycles. The van der Waals surface area contributed by atoms with E-state index in [2.05, 4.69) is 22.4 Å². The van der Waals surface area contributed by atoms with Gasteiger partial charge in [-0.2, -0.15) is 10.2 Å². The summed E-state index contributed by atoms with van der Waals surface area (Å²) in [6.45, 7) is 2.70. The number of benzene rings is 1. The highest BCUT2D eigenvalue weighted by atomic mass is 19.1. The molecule has 18 heavy (non-hydrogen) atoms. The van der Waals surface area contributed by atoms with Gasteiger partial charge < -0.3 is 5.32 Å². The van der Waals surface area contributed by atoms with Gasteiger partial charge in [-0.25, -0.2) is 4.39 Å². The fraction of sp³-hybridized carbons (Fsp3) is 0.286. The standard InChI is InChI=1S/C14H16FN3/c1-2-14(11-5-3-6-12(15)9-11)16-10-13-7-4-8-17-18-13/h3-9,14,16H,2,10H2,1H3. The largest absolute Gasteiger partial charge is 0.304 e. The first-order valence-electron chi connectivity index (χ1n) is 6.05. The summed E-state index contributed by atoms with van der Waals surface area (Å²) in [5.41, 5.74) is 1.84. The van der Waals surface area contributed by atoms with Gasteiger partial charge in [0.2, 0.25) is 0 Å². The summed E-state index contributed by atoms with van der Waals surface area (Å²) in [5, 5.41) is 11.2. The molecule has 1 aromatic heterocycles. The molecule has 1 N–H and O–H groups in total. The number of aromatic nitrogens is 2. The average molecular weight is 245 g/mol. The average Bonchev–Trinajstić information content (AvgIpc) is 2.41. The van der Waals surface area contributed by atoms with Crippen molar-refractivity contribution in [2.24, 2.45) is 0 Å². The van der Waals surface area contributed by atoms with Crippen molar-refractivity contribution in [1.82, 2.24) is 15.5 Å². The molecule has 4 heteroatoms. The Morgan fingerprint density at radius 2 is 2.17 bits per heavy atom. The lowest BCUT2D eigenvalue weighted by molar-refractivity contribution is 0.508. The van der Waals surface area contributed by atoms with Crippen molar-refractivity contribution in [3.63, 3.8) is 0 Å². The molecule has 0 spiro atoms. The maximum Gasteiger partial charge on any atom is 0.123 e. The zero-order valence-corrected chi connectivity index (χ0v) is 10.3. The van der Waals surface area contributed by atoms with Crippen molar-refractivity contribution in [3.8, 4) is 0 Å². The van der Waals surface area contributed by atoms with Crippen LogP contribution in [0.25, 0.3) is 0 Å². The molecule has 2 rings (SSSR count).